The lowest BCUT2D eigenvalue weighted by atomic mass is 10.2. The highest BCUT2D eigenvalue weighted by Gasteiger charge is 2.22. The van der Waals surface area contributed by atoms with Gasteiger partial charge in [-0.1, -0.05) is 42.5 Å². The van der Waals surface area contributed by atoms with Crippen molar-refractivity contribution in [2.24, 2.45) is 0 Å². The molecular weight excluding hydrogens is 394 g/mol. The van der Waals surface area contributed by atoms with Gasteiger partial charge in [0.05, 0.1) is 24.2 Å². The Labute approximate surface area is 180 Å². The molecule has 4 rings (SSSR count). The van der Waals surface area contributed by atoms with Gasteiger partial charge in [0.15, 0.2) is 5.75 Å². The average molecular weight is 419 g/mol. The van der Waals surface area contributed by atoms with Crippen molar-refractivity contribution in [3.05, 3.63) is 82.3 Å². The fourth-order valence-electron chi connectivity index (χ4n) is 3.65. The average Bonchev–Trinajstić information content (AvgIpc) is 3.34. The highest BCUT2D eigenvalue weighted by molar-refractivity contribution is 5.87. The minimum Gasteiger partial charge on any atom is -0.483 e. The first-order valence-corrected chi connectivity index (χ1v) is 10.5. The lowest BCUT2D eigenvalue weighted by molar-refractivity contribution is 0.0514. The Bertz CT molecular complexity index is 1110. The molecule has 0 bridgehead atoms. The molecule has 0 unspecified atom stereocenters. The van der Waals surface area contributed by atoms with E-state index in [4.69, 9.17) is 9.47 Å². The number of para-hydroxylation sites is 2. The van der Waals surface area contributed by atoms with Crippen LogP contribution in [-0.2, 0) is 11.3 Å². The Morgan fingerprint density at radius 2 is 1.68 bits per heavy atom. The molecule has 7 nitrogen and oxygen atoms in total. The fraction of sp³-hybridized carbons (Fsp3) is 0.292. The Hall–Kier alpha value is -3.61. The number of anilines is 1. The zero-order chi connectivity index (χ0) is 21.6. The summed E-state index contributed by atoms with van der Waals surface area (Å²) in [7, 11) is 0. The number of rotatable bonds is 7. The third kappa shape index (κ3) is 4.60. The Morgan fingerprint density at radius 1 is 1.00 bits per heavy atom. The molecule has 7 heteroatoms. The van der Waals surface area contributed by atoms with Crippen LogP contribution < -0.4 is 15.1 Å². The number of esters is 1. The first-order chi connectivity index (χ1) is 15.2. The van der Waals surface area contributed by atoms with Crippen molar-refractivity contribution in [2.75, 3.05) is 24.6 Å². The molecule has 1 fully saturated rings. The van der Waals surface area contributed by atoms with Gasteiger partial charge in [-0.15, -0.1) is 0 Å². The quantitative estimate of drug-likeness (QED) is 0.545. The molecule has 1 saturated heterocycles. The smallest absolute Gasteiger partial charge is 0.363 e. The first-order valence-electron chi connectivity index (χ1n) is 10.5. The Balaban J connectivity index is 1.76. The van der Waals surface area contributed by atoms with Gasteiger partial charge < -0.3 is 14.4 Å². The molecule has 1 aliphatic heterocycles. The minimum absolute atomic E-state index is 0.0538. The minimum atomic E-state index is -0.759. The molecule has 160 valence electrons. The maximum Gasteiger partial charge on any atom is 0.363 e. The van der Waals surface area contributed by atoms with Crippen LogP contribution in [-0.4, -0.2) is 35.4 Å². The van der Waals surface area contributed by atoms with Gasteiger partial charge in [-0.05, 0) is 37.5 Å². The summed E-state index contributed by atoms with van der Waals surface area (Å²) in [5.74, 6) is -0.705. The highest BCUT2D eigenvalue weighted by atomic mass is 16.5. The summed E-state index contributed by atoms with van der Waals surface area (Å²) in [6, 6.07) is 17.4. The largest absolute Gasteiger partial charge is 0.483 e. The topological polar surface area (TPSA) is 73.7 Å². The maximum absolute atomic E-state index is 12.9. The second-order valence-electron chi connectivity index (χ2n) is 7.29. The second kappa shape index (κ2) is 9.47. The van der Waals surface area contributed by atoms with Crippen LogP contribution in [0.4, 0.5) is 5.69 Å². The van der Waals surface area contributed by atoms with E-state index in [-0.39, 0.29) is 24.7 Å². The molecule has 0 radical (unpaired) electrons. The van der Waals surface area contributed by atoms with E-state index in [2.05, 4.69) is 10.00 Å². The van der Waals surface area contributed by atoms with Crippen molar-refractivity contribution in [1.29, 1.82) is 0 Å². The molecular formula is C24H25N3O4. The molecule has 1 aromatic heterocycles. The second-order valence-corrected chi connectivity index (χ2v) is 7.29. The van der Waals surface area contributed by atoms with Gasteiger partial charge >= 0.3 is 5.97 Å². The van der Waals surface area contributed by atoms with Crippen LogP contribution in [0.25, 0.3) is 5.69 Å². The maximum atomic E-state index is 12.9. The van der Waals surface area contributed by atoms with Crippen molar-refractivity contribution >= 4 is 11.7 Å². The summed E-state index contributed by atoms with van der Waals surface area (Å²) in [5.41, 5.74) is 1.83. The lowest BCUT2D eigenvalue weighted by Crippen LogP contribution is -2.26. The van der Waals surface area contributed by atoms with Crippen molar-refractivity contribution in [2.45, 2.75) is 26.4 Å². The van der Waals surface area contributed by atoms with Crippen LogP contribution in [0.5, 0.6) is 5.75 Å². The molecule has 1 aliphatic rings. The molecule has 0 amide bonds. The molecule has 0 spiro atoms. The van der Waals surface area contributed by atoms with Crippen molar-refractivity contribution < 1.29 is 14.3 Å². The molecule has 2 heterocycles. The SMILES string of the molecule is CCOC(=O)c1nn(-c2ccccc2N2CCCC2)cc(OCc2ccccc2)c1=O. The van der Waals surface area contributed by atoms with Gasteiger partial charge in [0.1, 0.15) is 6.61 Å². The predicted molar refractivity (Wildman–Crippen MR) is 118 cm³/mol. The van der Waals surface area contributed by atoms with E-state index in [0.29, 0.717) is 0 Å². The molecule has 0 N–H and O–H groups in total. The van der Waals surface area contributed by atoms with E-state index in [0.717, 1.165) is 42.9 Å². The summed E-state index contributed by atoms with van der Waals surface area (Å²) in [5, 5.41) is 4.33. The van der Waals surface area contributed by atoms with Gasteiger partial charge in [0, 0.05) is 13.1 Å². The van der Waals surface area contributed by atoms with E-state index in [1.165, 1.54) is 0 Å². The number of carbonyl (C=O) groups excluding carboxylic acids is 1. The molecule has 31 heavy (non-hydrogen) atoms. The molecule has 3 aromatic rings. The van der Waals surface area contributed by atoms with Crippen LogP contribution in [0.2, 0.25) is 0 Å². The van der Waals surface area contributed by atoms with Crippen molar-refractivity contribution in [3.63, 3.8) is 0 Å². The summed E-state index contributed by atoms with van der Waals surface area (Å²) in [6.07, 6.45) is 3.81. The van der Waals surface area contributed by atoms with Crippen LogP contribution in [0.1, 0.15) is 35.8 Å². The summed E-state index contributed by atoms with van der Waals surface area (Å²) in [4.78, 5) is 27.7. The van der Waals surface area contributed by atoms with Crippen LogP contribution in [0, 0.1) is 0 Å². The van der Waals surface area contributed by atoms with Crippen LogP contribution >= 0.6 is 0 Å². The zero-order valence-electron chi connectivity index (χ0n) is 17.5. The molecule has 2 aromatic carbocycles. The standard InChI is InChI=1S/C24H25N3O4/c1-2-30-24(29)22-23(28)21(31-17-18-10-4-3-5-11-18)16-27(25-22)20-13-7-6-12-19(20)26-14-8-9-15-26/h3-7,10-13,16H,2,8-9,14-15,17H2,1H3. The van der Waals surface area contributed by atoms with E-state index >= 15 is 0 Å². The van der Waals surface area contributed by atoms with Gasteiger partial charge in [0.2, 0.25) is 5.69 Å². The molecule has 0 saturated carbocycles. The van der Waals surface area contributed by atoms with Gasteiger partial charge in [-0.3, -0.25) is 4.79 Å². The Morgan fingerprint density at radius 3 is 2.39 bits per heavy atom. The summed E-state index contributed by atoms with van der Waals surface area (Å²) < 4.78 is 12.4. The van der Waals surface area contributed by atoms with Crippen molar-refractivity contribution in [1.82, 2.24) is 9.78 Å². The number of ether oxygens (including phenoxy) is 2. The number of carbonyl (C=O) groups is 1. The fourth-order valence-corrected chi connectivity index (χ4v) is 3.65. The van der Waals surface area contributed by atoms with Crippen LogP contribution in [0.15, 0.2) is 65.6 Å². The number of hydrogen-bond donors (Lipinski definition) is 0. The Kier molecular flexibility index (Phi) is 6.31. The molecule has 0 atom stereocenters. The zero-order valence-corrected chi connectivity index (χ0v) is 17.5. The number of hydrogen-bond acceptors (Lipinski definition) is 6. The third-order valence-electron chi connectivity index (χ3n) is 5.17. The summed E-state index contributed by atoms with van der Waals surface area (Å²) >= 11 is 0. The van der Waals surface area contributed by atoms with Gasteiger partial charge in [0.25, 0.3) is 5.43 Å². The monoisotopic (exact) mass is 419 g/mol. The predicted octanol–water partition coefficient (Wildman–Crippen LogP) is 3.59. The third-order valence-corrected chi connectivity index (χ3v) is 5.17. The van der Waals surface area contributed by atoms with E-state index in [1.807, 2.05) is 54.6 Å². The van der Waals surface area contributed by atoms with Gasteiger partial charge in [-0.25, -0.2) is 9.48 Å². The van der Waals surface area contributed by atoms with Gasteiger partial charge in [-0.2, -0.15) is 5.10 Å². The normalized spacial score (nSPS) is 13.3. The summed E-state index contributed by atoms with van der Waals surface area (Å²) in [6.45, 7) is 3.96. The number of nitrogens with zero attached hydrogens (tertiary/aromatic N) is 3. The van der Waals surface area contributed by atoms with E-state index in [1.54, 1.807) is 17.8 Å². The molecule has 0 aliphatic carbocycles. The lowest BCUT2D eigenvalue weighted by Gasteiger charge is -2.22. The number of aromatic nitrogens is 2. The van der Waals surface area contributed by atoms with E-state index in [9.17, 15) is 9.59 Å². The highest BCUT2D eigenvalue weighted by Crippen LogP contribution is 2.27. The van der Waals surface area contributed by atoms with Crippen LogP contribution in [0.3, 0.4) is 0 Å². The first kappa shape index (κ1) is 20.7. The number of benzene rings is 2. The van der Waals surface area contributed by atoms with Crippen molar-refractivity contribution in [3.8, 4) is 11.4 Å². The van der Waals surface area contributed by atoms with E-state index < -0.39 is 11.4 Å².